The third-order valence-corrected chi connectivity index (χ3v) is 1.54. The van der Waals surface area contributed by atoms with E-state index in [1.165, 1.54) is 18.5 Å². The molecule has 54 valence electrons. The Labute approximate surface area is 59.5 Å². The minimum Gasteiger partial charge on any atom is -0.348 e. The molecule has 0 aromatic carbocycles. The van der Waals surface area contributed by atoms with Crippen LogP contribution in [0.4, 0.5) is 0 Å². The molecule has 1 aliphatic rings. The van der Waals surface area contributed by atoms with Crippen LogP contribution in [0.15, 0.2) is 12.5 Å². The van der Waals surface area contributed by atoms with Gasteiger partial charge in [-0.05, 0) is 12.8 Å². The van der Waals surface area contributed by atoms with E-state index in [-0.39, 0.29) is 0 Å². The van der Waals surface area contributed by atoms with Crippen LogP contribution in [0.5, 0.6) is 0 Å². The largest absolute Gasteiger partial charge is 0.348 e. The molecular weight excluding hydrogens is 128 g/mol. The van der Waals surface area contributed by atoms with Gasteiger partial charge >= 0.3 is 0 Å². The van der Waals surface area contributed by atoms with Gasteiger partial charge in [-0.1, -0.05) is 0 Å². The fraction of sp³-hybridized carbons (Fsp3) is 0.429. The first-order chi connectivity index (χ1) is 4.97. The number of carbonyl (C=O) groups is 1. The van der Waals surface area contributed by atoms with Crippen LogP contribution >= 0.6 is 0 Å². The lowest BCUT2D eigenvalue weighted by atomic mass is 10.3. The second-order valence-electron chi connectivity index (χ2n) is 2.28. The molecule has 3 nitrogen and oxygen atoms in total. The lowest BCUT2D eigenvalue weighted by molar-refractivity contribution is -0.0979. The summed E-state index contributed by atoms with van der Waals surface area (Å²) in [4.78, 5) is 15.0. The van der Waals surface area contributed by atoms with Crippen LogP contribution < -0.4 is 0 Å². The molecule has 2 rings (SSSR count). The van der Waals surface area contributed by atoms with E-state index in [1.54, 1.807) is 6.33 Å². The minimum absolute atomic E-state index is 0.817. The third-order valence-electron chi connectivity index (χ3n) is 1.54. The number of hydrogen-bond acceptors (Lipinski definition) is 2. The fourth-order valence-corrected chi connectivity index (χ4v) is 0.884. The number of nitrogens with one attached hydrogen (secondary N) is 1. The van der Waals surface area contributed by atoms with E-state index in [2.05, 4.69) is 9.97 Å². The zero-order chi connectivity index (χ0) is 7.40. The first kappa shape index (κ1) is 6.99. The number of imidazole rings is 1. The number of hydrogen-bond donors (Lipinski definition) is 1. The molecule has 1 aliphatic carbocycles. The monoisotopic (exact) mass is 138 g/mol. The van der Waals surface area contributed by atoms with E-state index in [4.69, 9.17) is 4.79 Å². The molecule has 0 saturated heterocycles. The molecule has 0 unspecified atom stereocenters. The third kappa shape index (κ3) is 1.43. The highest BCUT2D eigenvalue weighted by Crippen LogP contribution is 2.38. The van der Waals surface area contributed by atoms with E-state index >= 15 is 0 Å². The molecule has 0 atom stereocenters. The van der Waals surface area contributed by atoms with Crippen molar-refractivity contribution in [3.63, 3.8) is 0 Å². The fourth-order valence-electron chi connectivity index (χ4n) is 0.884. The summed E-state index contributed by atoms with van der Waals surface area (Å²) in [6.07, 6.45) is 6.36. The summed E-state index contributed by atoms with van der Waals surface area (Å²) in [6, 6.07) is 0. The van der Waals surface area contributed by atoms with Gasteiger partial charge in [-0.25, -0.2) is 4.98 Å². The van der Waals surface area contributed by atoms with Crippen molar-refractivity contribution in [2.24, 2.45) is 0 Å². The van der Waals surface area contributed by atoms with E-state index in [0.717, 1.165) is 5.92 Å². The summed E-state index contributed by atoms with van der Waals surface area (Å²) >= 11 is 0. The molecular formula is C7H10N2O. The van der Waals surface area contributed by atoms with Gasteiger partial charge in [-0.15, -0.1) is 0 Å². The first-order valence-electron chi connectivity index (χ1n) is 3.24. The number of carbonyl (C=O) groups excluding carboxylic acids is 1. The van der Waals surface area contributed by atoms with Gasteiger partial charge in [-0.2, -0.15) is 0 Å². The van der Waals surface area contributed by atoms with Crippen molar-refractivity contribution in [1.29, 1.82) is 0 Å². The normalized spacial score (nSPS) is 15.6. The standard InChI is InChI=1S/C6H8N2.CH2O/c1-2-5(1)6-3-7-4-8-6;1-2/h3-5H,1-2H2,(H,7,8);1H2. The average molecular weight is 138 g/mol. The summed E-state index contributed by atoms with van der Waals surface area (Å²) in [6.45, 7) is 2.00. The van der Waals surface area contributed by atoms with Crippen LogP contribution in [0, 0.1) is 0 Å². The molecule has 1 aromatic heterocycles. The Morgan fingerprint density at radius 2 is 2.30 bits per heavy atom. The first-order valence-corrected chi connectivity index (χ1v) is 3.24. The lowest BCUT2D eigenvalue weighted by Gasteiger charge is -1.82. The number of nitrogens with zero attached hydrogens (tertiary/aromatic N) is 1. The van der Waals surface area contributed by atoms with Gasteiger partial charge in [0.2, 0.25) is 0 Å². The number of aromatic nitrogens is 2. The van der Waals surface area contributed by atoms with Crippen molar-refractivity contribution in [3.8, 4) is 0 Å². The highest BCUT2D eigenvalue weighted by molar-refractivity contribution is 5.11. The molecule has 0 aliphatic heterocycles. The van der Waals surface area contributed by atoms with Gasteiger partial charge < -0.3 is 9.78 Å². The van der Waals surface area contributed by atoms with E-state index in [0.29, 0.717) is 0 Å². The van der Waals surface area contributed by atoms with Gasteiger partial charge in [0.25, 0.3) is 0 Å². The van der Waals surface area contributed by atoms with Crippen LogP contribution in [-0.4, -0.2) is 16.8 Å². The second kappa shape index (κ2) is 3.15. The summed E-state index contributed by atoms with van der Waals surface area (Å²) in [5.74, 6) is 0.817. The van der Waals surface area contributed by atoms with Crippen molar-refractivity contribution in [2.75, 3.05) is 0 Å². The summed E-state index contributed by atoms with van der Waals surface area (Å²) in [5, 5.41) is 0. The molecule has 0 radical (unpaired) electrons. The van der Waals surface area contributed by atoms with E-state index in [9.17, 15) is 0 Å². The highest BCUT2D eigenvalue weighted by atomic mass is 16.1. The maximum absolute atomic E-state index is 8.00. The maximum atomic E-state index is 8.00. The van der Waals surface area contributed by atoms with Crippen LogP contribution in [0.2, 0.25) is 0 Å². The Morgan fingerprint density at radius 1 is 1.60 bits per heavy atom. The zero-order valence-electron chi connectivity index (χ0n) is 5.71. The maximum Gasteiger partial charge on any atom is 0.106 e. The van der Waals surface area contributed by atoms with Gasteiger partial charge in [0, 0.05) is 17.8 Å². The highest BCUT2D eigenvalue weighted by Gasteiger charge is 2.24. The number of aromatic amines is 1. The Kier molecular flexibility index (Phi) is 2.20. The SMILES string of the molecule is C=O.c1ncc(C2CC2)[nH]1. The second-order valence-corrected chi connectivity index (χ2v) is 2.28. The smallest absolute Gasteiger partial charge is 0.106 e. The van der Waals surface area contributed by atoms with Crippen molar-refractivity contribution < 1.29 is 4.79 Å². The number of rotatable bonds is 1. The number of H-pyrrole nitrogens is 1. The Hall–Kier alpha value is -1.12. The molecule has 1 saturated carbocycles. The molecule has 1 aromatic rings. The predicted molar refractivity (Wildman–Crippen MR) is 37.7 cm³/mol. The van der Waals surface area contributed by atoms with Crippen LogP contribution in [0.25, 0.3) is 0 Å². The molecule has 10 heavy (non-hydrogen) atoms. The Balaban J connectivity index is 0.000000231. The van der Waals surface area contributed by atoms with E-state index < -0.39 is 0 Å². The van der Waals surface area contributed by atoms with Gasteiger partial charge in [0.05, 0.1) is 6.33 Å². The molecule has 0 bridgehead atoms. The van der Waals surface area contributed by atoms with Crippen molar-refractivity contribution in [1.82, 2.24) is 9.97 Å². The van der Waals surface area contributed by atoms with Gasteiger partial charge in [0.15, 0.2) is 0 Å². The molecule has 1 N–H and O–H groups in total. The predicted octanol–water partition coefficient (Wildman–Crippen LogP) is 1.10. The molecule has 0 amide bonds. The Bertz CT molecular complexity index is 179. The van der Waals surface area contributed by atoms with Crippen molar-refractivity contribution in [2.45, 2.75) is 18.8 Å². The van der Waals surface area contributed by atoms with Crippen LogP contribution in [0.1, 0.15) is 24.5 Å². The zero-order valence-corrected chi connectivity index (χ0v) is 5.71. The molecule has 0 spiro atoms. The van der Waals surface area contributed by atoms with Crippen molar-refractivity contribution in [3.05, 3.63) is 18.2 Å². The molecule has 1 fully saturated rings. The topological polar surface area (TPSA) is 45.8 Å². The summed E-state index contributed by atoms with van der Waals surface area (Å²) in [7, 11) is 0. The molecule has 3 heteroatoms. The lowest BCUT2D eigenvalue weighted by Crippen LogP contribution is -1.73. The average Bonchev–Trinajstić information content (AvgIpc) is 2.72. The summed E-state index contributed by atoms with van der Waals surface area (Å²) < 4.78 is 0. The summed E-state index contributed by atoms with van der Waals surface area (Å²) in [5.41, 5.74) is 1.31. The van der Waals surface area contributed by atoms with Gasteiger partial charge in [-0.3, -0.25) is 0 Å². The quantitative estimate of drug-likeness (QED) is 0.631. The minimum atomic E-state index is 0.817. The molecule has 1 heterocycles. The van der Waals surface area contributed by atoms with E-state index in [1.807, 2.05) is 13.0 Å². The van der Waals surface area contributed by atoms with Crippen LogP contribution in [-0.2, 0) is 4.79 Å². The van der Waals surface area contributed by atoms with Crippen molar-refractivity contribution >= 4 is 6.79 Å². The van der Waals surface area contributed by atoms with Gasteiger partial charge in [0.1, 0.15) is 6.79 Å². The van der Waals surface area contributed by atoms with Crippen LogP contribution in [0.3, 0.4) is 0 Å². The Morgan fingerprint density at radius 3 is 2.70 bits per heavy atom.